The third-order valence-electron chi connectivity index (χ3n) is 7.37. The average molecular weight is 498 g/mol. The van der Waals surface area contributed by atoms with Gasteiger partial charge in [0.25, 0.3) is 0 Å². The molecule has 2 heterocycles. The maximum atomic E-state index is 14.4. The first-order valence-electron chi connectivity index (χ1n) is 12.8. The van der Waals surface area contributed by atoms with Crippen LogP contribution in [0.4, 0.5) is 15.8 Å². The van der Waals surface area contributed by atoms with E-state index in [1.807, 2.05) is 18.2 Å². The summed E-state index contributed by atoms with van der Waals surface area (Å²) in [5.74, 6) is -0.0159. The quantitative estimate of drug-likeness (QED) is 0.509. The molecule has 7 heteroatoms. The van der Waals surface area contributed by atoms with E-state index in [0.29, 0.717) is 54.3 Å². The Morgan fingerprint density at radius 2 is 1.84 bits per heavy atom. The number of fused-ring (bicyclic) bond motifs is 2. The lowest BCUT2D eigenvalue weighted by molar-refractivity contribution is -0.118. The van der Waals surface area contributed by atoms with Gasteiger partial charge < -0.3 is 15.3 Å². The van der Waals surface area contributed by atoms with Crippen LogP contribution in [0, 0.1) is 5.82 Å². The van der Waals surface area contributed by atoms with Gasteiger partial charge in [0.2, 0.25) is 11.8 Å². The summed E-state index contributed by atoms with van der Waals surface area (Å²) in [4.78, 5) is 32.4. The van der Waals surface area contributed by atoms with Crippen LogP contribution in [0.1, 0.15) is 53.0 Å². The zero-order valence-electron chi connectivity index (χ0n) is 20.4. The van der Waals surface area contributed by atoms with Gasteiger partial charge in [0.15, 0.2) is 0 Å². The Hall–Kier alpha value is -3.84. The highest BCUT2D eigenvalue weighted by atomic mass is 19.1. The van der Waals surface area contributed by atoms with Gasteiger partial charge in [0, 0.05) is 36.4 Å². The number of carbonyl (C=O) groups is 2. The first-order chi connectivity index (χ1) is 18.0. The number of aliphatic imine (C=N–C) groups is 1. The first kappa shape index (κ1) is 23.6. The molecule has 3 aromatic rings. The molecule has 0 aromatic heterocycles. The number of halogens is 1. The molecule has 0 bridgehead atoms. The highest BCUT2D eigenvalue weighted by molar-refractivity contribution is 6.20. The van der Waals surface area contributed by atoms with Crippen LogP contribution in [0.5, 0.6) is 0 Å². The molecule has 0 spiro atoms. The fourth-order valence-corrected chi connectivity index (χ4v) is 5.23. The molecule has 188 valence electrons. The van der Waals surface area contributed by atoms with E-state index in [4.69, 9.17) is 4.99 Å². The van der Waals surface area contributed by atoms with Crippen LogP contribution in [-0.4, -0.2) is 41.8 Å². The van der Waals surface area contributed by atoms with Crippen molar-refractivity contribution in [2.45, 2.75) is 44.1 Å². The normalized spacial score (nSPS) is 18.7. The lowest BCUT2D eigenvalue weighted by atomic mass is 9.98. The van der Waals surface area contributed by atoms with Crippen LogP contribution < -0.4 is 10.2 Å². The number of nitrogens with zero attached hydrogens (tertiary/aromatic N) is 2. The maximum absolute atomic E-state index is 14.4. The van der Waals surface area contributed by atoms with Crippen molar-refractivity contribution in [1.29, 1.82) is 0 Å². The Kier molecular flexibility index (Phi) is 6.08. The van der Waals surface area contributed by atoms with Gasteiger partial charge in [-0.3, -0.25) is 14.6 Å². The molecule has 1 atom stereocenters. The van der Waals surface area contributed by atoms with E-state index >= 15 is 0 Å². The summed E-state index contributed by atoms with van der Waals surface area (Å²) < 4.78 is 14.4. The molecule has 0 saturated heterocycles. The highest BCUT2D eigenvalue weighted by Crippen LogP contribution is 2.40. The minimum absolute atomic E-state index is 0.00470. The maximum Gasteiger partial charge on any atom is 0.249 e. The number of benzodiazepines with no additional fused rings is 1. The Morgan fingerprint density at radius 3 is 2.59 bits per heavy atom. The second-order valence-electron chi connectivity index (χ2n) is 10.0. The van der Waals surface area contributed by atoms with Gasteiger partial charge in [0.05, 0.1) is 17.8 Å². The number of anilines is 2. The van der Waals surface area contributed by atoms with E-state index in [0.717, 1.165) is 16.8 Å². The predicted molar refractivity (Wildman–Crippen MR) is 141 cm³/mol. The third kappa shape index (κ3) is 4.67. The van der Waals surface area contributed by atoms with Gasteiger partial charge in [-0.15, -0.1) is 0 Å². The molecule has 2 N–H and O–H groups in total. The van der Waals surface area contributed by atoms with E-state index < -0.39 is 11.9 Å². The van der Waals surface area contributed by atoms with Crippen LogP contribution in [0.2, 0.25) is 0 Å². The van der Waals surface area contributed by atoms with Gasteiger partial charge in [-0.25, -0.2) is 4.39 Å². The number of hydrogen-bond acceptors (Lipinski definition) is 4. The first-order valence-corrected chi connectivity index (χ1v) is 12.8. The van der Waals surface area contributed by atoms with Crippen molar-refractivity contribution in [2.24, 2.45) is 4.99 Å². The van der Waals surface area contributed by atoms with Crippen molar-refractivity contribution in [3.63, 3.8) is 0 Å². The van der Waals surface area contributed by atoms with Crippen molar-refractivity contribution >= 4 is 28.9 Å². The molecule has 6 nitrogen and oxygen atoms in total. The topological polar surface area (TPSA) is 82.0 Å². The fourth-order valence-electron chi connectivity index (χ4n) is 5.23. The van der Waals surface area contributed by atoms with Gasteiger partial charge in [-0.2, -0.15) is 0 Å². The summed E-state index contributed by atoms with van der Waals surface area (Å²) in [5.41, 5.74) is 6.25. The number of amides is 2. The molecule has 1 saturated carbocycles. The zero-order valence-corrected chi connectivity index (χ0v) is 20.4. The Labute approximate surface area is 214 Å². The Balaban J connectivity index is 1.40. The van der Waals surface area contributed by atoms with Crippen molar-refractivity contribution in [1.82, 2.24) is 0 Å². The van der Waals surface area contributed by atoms with Crippen LogP contribution in [0.3, 0.4) is 0 Å². The van der Waals surface area contributed by atoms with Crippen molar-refractivity contribution in [2.75, 3.05) is 23.4 Å². The molecule has 1 unspecified atom stereocenters. The van der Waals surface area contributed by atoms with Crippen molar-refractivity contribution in [3.8, 4) is 0 Å². The number of rotatable bonds is 7. The standard InChI is InChI=1S/C30H28FN3O3/c31-23-10-11-25-24(17-23)29(22-9-8-21-16-28(36)34(12-1-13-35)27(21)15-22)32-26(30(37)33-25)14-18-2-4-19(5-3-18)20-6-7-20/h2-5,8-11,15,17,20,26,35H,1,6-7,12-14,16H2,(H,33,37). The molecule has 2 amide bonds. The number of nitrogens with one attached hydrogen (secondary N) is 1. The summed E-state index contributed by atoms with van der Waals surface area (Å²) in [5, 5.41) is 12.2. The number of aliphatic hydroxyl groups excluding tert-OH is 1. The largest absolute Gasteiger partial charge is 0.396 e. The van der Waals surface area contributed by atoms with E-state index in [2.05, 4.69) is 29.6 Å². The molecule has 0 radical (unpaired) electrons. The second kappa shape index (κ2) is 9.56. The summed E-state index contributed by atoms with van der Waals surface area (Å²) in [6.45, 7) is 0.415. The Bertz CT molecular complexity index is 1410. The number of carbonyl (C=O) groups excluding carboxylic acids is 2. The third-order valence-corrected chi connectivity index (χ3v) is 7.37. The molecule has 1 fully saturated rings. The molecule has 37 heavy (non-hydrogen) atoms. The molecule has 2 aliphatic heterocycles. The van der Waals surface area contributed by atoms with E-state index in [-0.39, 0.29) is 18.4 Å². The molecular formula is C30H28FN3O3. The zero-order chi connectivity index (χ0) is 25.5. The lowest BCUT2D eigenvalue weighted by Crippen LogP contribution is -2.28. The van der Waals surface area contributed by atoms with E-state index in [1.165, 1.54) is 30.5 Å². The van der Waals surface area contributed by atoms with E-state index in [1.54, 1.807) is 11.0 Å². The highest BCUT2D eigenvalue weighted by Gasteiger charge is 2.30. The smallest absolute Gasteiger partial charge is 0.249 e. The van der Waals surface area contributed by atoms with Gasteiger partial charge in [0.1, 0.15) is 11.9 Å². The SMILES string of the molecule is O=C1Nc2ccc(F)cc2C(c2ccc3c(c2)N(CCCO)C(=O)C3)=NC1Cc1ccc(C2CC2)cc1. The summed E-state index contributed by atoms with van der Waals surface area (Å²) in [7, 11) is 0. The van der Waals surface area contributed by atoms with Gasteiger partial charge >= 0.3 is 0 Å². The van der Waals surface area contributed by atoms with Gasteiger partial charge in [-0.05, 0) is 66.1 Å². The monoisotopic (exact) mass is 497 g/mol. The minimum Gasteiger partial charge on any atom is -0.396 e. The van der Waals surface area contributed by atoms with Crippen molar-refractivity contribution in [3.05, 3.63) is 94.3 Å². The molecular weight excluding hydrogens is 469 g/mol. The van der Waals surface area contributed by atoms with Gasteiger partial charge in [-0.1, -0.05) is 36.4 Å². The second-order valence-corrected chi connectivity index (χ2v) is 10.0. The Morgan fingerprint density at radius 1 is 1.03 bits per heavy atom. The minimum atomic E-state index is -0.697. The number of hydrogen-bond donors (Lipinski definition) is 2. The number of benzene rings is 3. The van der Waals surface area contributed by atoms with Crippen LogP contribution in [0.15, 0.2) is 65.7 Å². The summed E-state index contributed by atoms with van der Waals surface area (Å²) >= 11 is 0. The van der Waals surface area contributed by atoms with Crippen LogP contribution >= 0.6 is 0 Å². The lowest BCUT2D eigenvalue weighted by Gasteiger charge is -2.18. The predicted octanol–water partition coefficient (Wildman–Crippen LogP) is 4.38. The number of aliphatic hydroxyl groups is 1. The van der Waals surface area contributed by atoms with Crippen LogP contribution in [-0.2, 0) is 22.4 Å². The molecule has 1 aliphatic carbocycles. The molecule has 3 aromatic carbocycles. The fraction of sp³-hybridized carbons (Fsp3) is 0.300. The molecule has 6 rings (SSSR count). The summed E-state index contributed by atoms with van der Waals surface area (Å²) in [6, 6.07) is 17.6. The molecule has 3 aliphatic rings. The van der Waals surface area contributed by atoms with E-state index in [9.17, 15) is 19.1 Å². The summed E-state index contributed by atoms with van der Waals surface area (Å²) in [6.07, 6.45) is 3.67. The van der Waals surface area contributed by atoms with Crippen molar-refractivity contribution < 1.29 is 19.1 Å². The van der Waals surface area contributed by atoms with Crippen LogP contribution in [0.25, 0.3) is 0 Å². The average Bonchev–Trinajstić information content (AvgIpc) is 3.71.